The maximum absolute atomic E-state index is 5.73. The van der Waals surface area contributed by atoms with Gasteiger partial charge >= 0.3 is 0 Å². The lowest BCUT2D eigenvalue weighted by atomic mass is 10.1. The summed E-state index contributed by atoms with van der Waals surface area (Å²) in [4.78, 5) is 18.4. The van der Waals surface area contributed by atoms with Crippen molar-refractivity contribution in [3.63, 3.8) is 0 Å². The summed E-state index contributed by atoms with van der Waals surface area (Å²) in [7, 11) is 0. The number of H-pyrrole nitrogens is 1. The number of likely N-dealkylation sites (tertiary alicyclic amines) is 1. The molecule has 7 heteroatoms. The van der Waals surface area contributed by atoms with Crippen LogP contribution < -0.4 is 11.1 Å². The van der Waals surface area contributed by atoms with Crippen LogP contribution in [0, 0.1) is 0 Å². The Hall–Kier alpha value is -2.67. The van der Waals surface area contributed by atoms with Gasteiger partial charge in [-0.15, -0.1) is 0 Å². The molecule has 3 aromatic heterocycles. The fourth-order valence-electron chi connectivity index (χ4n) is 3.28. The van der Waals surface area contributed by atoms with Crippen LogP contribution in [0.1, 0.15) is 12.8 Å². The van der Waals surface area contributed by atoms with E-state index in [0.29, 0.717) is 0 Å². The van der Waals surface area contributed by atoms with Gasteiger partial charge < -0.3 is 20.9 Å². The van der Waals surface area contributed by atoms with E-state index in [0.717, 1.165) is 41.1 Å². The van der Waals surface area contributed by atoms with Gasteiger partial charge in [0.05, 0.1) is 11.1 Å². The Morgan fingerprint density at radius 1 is 1.17 bits per heavy atom. The van der Waals surface area contributed by atoms with E-state index in [9.17, 15) is 0 Å². The fourth-order valence-corrected chi connectivity index (χ4v) is 3.28. The highest BCUT2D eigenvalue weighted by Crippen LogP contribution is 2.32. The standard InChI is InChI=1S/C17H21N7/c18-17-21-6-3-13(23-17)12-11-22-16-15(12)14(4-5-20-16)19-7-10-24-8-1-2-9-24/h3-6,11H,1-2,7-10H2,(H2,18,21,23)(H2,19,20,22). The van der Waals surface area contributed by atoms with Gasteiger partial charge in [0.25, 0.3) is 0 Å². The van der Waals surface area contributed by atoms with Crippen LogP contribution in [0.3, 0.4) is 0 Å². The Labute approximate surface area is 140 Å². The molecule has 24 heavy (non-hydrogen) atoms. The Morgan fingerprint density at radius 2 is 2.00 bits per heavy atom. The zero-order chi connectivity index (χ0) is 16.4. The summed E-state index contributed by atoms with van der Waals surface area (Å²) in [5.41, 5.74) is 9.41. The zero-order valence-corrected chi connectivity index (χ0v) is 13.5. The van der Waals surface area contributed by atoms with E-state index in [4.69, 9.17) is 5.73 Å². The van der Waals surface area contributed by atoms with Crippen LogP contribution in [0.15, 0.2) is 30.7 Å². The molecule has 3 aromatic rings. The largest absolute Gasteiger partial charge is 0.383 e. The third-order valence-corrected chi connectivity index (χ3v) is 4.47. The molecular weight excluding hydrogens is 302 g/mol. The van der Waals surface area contributed by atoms with Crippen LogP contribution >= 0.6 is 0 Å². The first-order valence-electron chi connectivity index (χ1n) is 8.32. The van der Waals surface area contributed by atoms with Crippen molar-refractivity contribution in [2.75, 3.05) is 37.2 Å². The second kappa shape index (κ2) is 6.45. The van der Waals surface area contributed by atoms with Gasteiger partial charge in [0.15, 0.2) is 0 Å². The van der Waals surface area contributed by atoms with Crippen molar-refractivity contribution in [3.8, 4) is 11.3 Å². The Kier molecular flexibility index (Phi) is 4.00. The highest BCUT2D eigenvalue weighted by atomic mass is 15.1. The third kappa shape index (κ3) is 2.90. The maximum Gasteiger partial charge on any atom is 0.220 e. The van der Waals surface area contributed by atoms with E-state index in [1.54, 1.807) is 6.20 Å². The van der Waals surface area contributed by atoms with E-state index < -0.39 is 0 Å². The van der Waals surface area contributed by atoms with Gasteiger partial charge in [-0.1, -0.05) is 0 Å². The number of pyridine rings is 1. The second-order valence-corrected chi connectivity index (χ2v) is 6.06. The smallest absolute Gasteiger partial charge is 0.220 e. The number of nitrogen functional groups attached to an aromatic ring is 1. The van der Waals surface area contributed by atoms with Crippen LogP contribution in [0.2, 0.25) is 0 Å². The predicted molar refractivity (Wildman–Crippen MR) is 95.7 cm³/mol. The number of nitrogens with zero attached hydrogens (tertiary/aromatic N) is 4. The molecule has 0 saturated carbocycles. The molecule has 7 nitrogen and oxygen atoms in total. The summed E-state index contributed by atoms with van der Waals surface area (Å²) in [6.45, 7) is 4.39. The molecule has 1 aliphatic heterocycles. The van der Waals surface area contributed by atoms with Gasteiger partial charge in [-0.25, -0.2) is 15.0 Å². The number of nitrogens with one attached hydrogen (secondary N) is 2. The minimum atomic E-state index is 0.272. The molecule has 1 aliphatic rings. The van der Waals surface area contributed by atoms with Crippen molar-refractivity contribution >= 4 is 22.7 Å². The molecule has 0 aliphatic carbocycles. The number of anilines is 2. The van der Waals surface area contributed by atoms with Crippen LogP contribution in [-0.4, -0.2) is 51.0 Å². The number of aromatic nitrogens is 4. The molecule has 124 valence electrons. The van der Waals surface area contributed by atoms with Crippen molar-refractivity contribution in [3.05, 3.63) is 30.7 Å². The number of hydrogen-bond acceptors (Lipinski definition) is 6. The van der Waals surface area contributed by atoms with E-state index in [1.165, 1.54) is 25.9 Å². The number of nitrogens with two attached hydrogens (primary N) is 1. The molecule has 0 aromatic carbocycles. The summed E-state index contributed by atoms with van der Waals surface area (Å²) < 4.78 is 0. The average molecular weight is 323 g/mol. The molecule has 0 amide bonds. The van der Waals surface area contributed by atoms with Gasteiger partial charge in [-0.3, -0.25) is 0 Å². The fraction of sp³-hybridized carbons (Fsp3) is 0.353. The van der Waals surface area contributed by atoms with E-state index in [2.05, 4.69) is 30.2 Å². The van der Waals surface area contributed by atoms with Gasteiger partial charge in [-0.2, -0.15) is 0 Å². The Balaban J connectivity index is 1.61. The molecule has 1 fully saturated rings. The molecule has 0 spiro atoms. The van der Waals surface area contributed by atoms with Gasteiger partial charge in [0.1, 0.15) is 5.65 Å². The van der Waals surface area contributed by atoms with Gasteiger partial charge in [0, 0.05) is 42.9 Å². The van der Waals surface area contributed by atoms with Crippen molar-refractivity contribution in [2.45, 2.75) is 12.8 Å². The van der Waals surface area contributed by atoms with Gasteiger partial charge in [0.2, 0.25) is 5.95 Å². The Bertz CT molecular complexity index is 836. The first kappa shape index (κ1) is 14.9. The van der Waals surface area contributed by atoms with Crippen molar-refractivity contribution in [1.29, 1.82) is 0 Å². The second-order valence-electron chi connectivity index (χ2n) is 6.06. The van der Waals surface area contributed by atoms with Crippen LogP contribution in [-0.2, 0) is 0 Å². The lowest BCUT2D eigenvalue weighted by Gasteiger charge is -2.16. The molecule has 1 saturated heterocycles. The van der Waals surface area contributed by atoms with Crippen molar-refractivity contribution in [1.82, 2.24) is 24.8 Å². The minimum Gasteiger partial charge on any atom is -0.383 e. The monoisotopic (exact) mass is 323 g/mol. The summed E-state index contributed by atoms with van der Waals surface area (Å²) in [6, 6.07) is 3.87. The molecule has 0 bridgehead atoms. The SMILES string of the molecule is Nc1nccc(-c2c[nH]c3nccc(NCCN4CCCC4)c23)n1. The van der Waals surface area contributed by atoms with Gasteiger partial charge in [-0.05, 0) is 38.1 Å². The van der Waals surface area contributed by atoms with E-state index in [1.807, 2.05) is 24.5 Å². The maximum atomic E-state index is 5.73. The molecule has 0 atom stereocenters. The van der Waals surface area contributed by atoms with Crippen LogP contribution in [0.25, 0.3) is 22.3 Å². The molecule has 4 rings (SSSR count). The lowest BCUT2D eigenvalue weighted by molar-refractivity contribution is 0.353. The number of rotatable bonds is 5. The molecule has 0 unspecified atom stereocenters. The number of hydrogen-bond donors (Lipinski definition) is 3. The van der Waals surface area contributed by atoms with Crippen molar-refractivity contribution in [2.24, 2.45) is 0 Å². The summed E-state index contributed by atoms with van der Waals surface area (Å²) in [5.74, 6) is 0.272. The highest BCUT2D eigenvalue weighted by Gasteiger charge is 2.14. The predicted octanol–water partition coefficient (Wildman–Crippen LogP) is 2.11. The molecule has 0 radical (unpaired) electrons. The molecular formula is C17H21N7. The quantitative estimate of drug-likeness (QED) is 0.665. The normalized spacial score (nSPS) is 15.2. The Morgan fingerprint density at radius 3 is 2.83 bits per heavy atom. The number of fused-ring (bicyclic) bond motifs is 1. The average Bonchev–Trinajstić information content (AvgIpc) is 3.24. The van der Waals surface area contributed by atoms with Crippen LogP contribution in [0.4, 0.5) is 11.6 Å². The zero-order valence-electron chi connectivity index (χ0n) is 13.5. The van der Waals surface area contributed by atoms with E-state index in [-0.39, 0.29) is 5.95 Å². The lowest BCUT2D eigenvalue weighted by Crippen LogP contribution is -2.26. The van der Waals surface area contributed by atoms with E-state index >= 15 is 0 Å². The first-order chi connectivity index (χ1) is 11.8. The molecule has 4 heterocycles. The summed E-state index contributed by atoms with van der Waals surface area (Å²) in [5, 5.41) is 4.59. The molecule has 4 N–H and O–H groups in total. The third-order valence-electron chi connectivity index (χ3n) is 4.47. The summed E-state index contributed by atoms with van der Waals surface area (Å²) >= 11 is 0. The van der Waals surface area contributed by atoms with Crippen molar-refractivity contribution < 1.29 is 0 Å². The summed E-state index contributed by atoms with van der Waals surface area (Å²) in [6.07, 6.45) is 8.04. The first-order valence-corrected chi connectivity index (χ1v) is 8.32. The topological polar surface area (TPSA) is 95.8 Å². The minimum absolute atomic E-state index is 0.272. The van der Waals surface area contributed by atoms with Crippen LogP contribution in [0.5, 0.6) is 0 Å². The highest BCUT2D eigenvalue weighted by molar-refractivity contribution is 6.01. The number of aromatic amines is 1.